The zero-order valence-electron chi connectivity index (χ0n) is 8.91. The lowest BCUT2D eigenvalue weighted by molar-refractivity contribution is 0.587. The van der Waals surface area contributed by atoms with E-state index in [9.17, 15) is 8.42 Å². The van der Waals surface area contributed by atoms with Gasteiger partial charge >= 0.3 is 0 Å². The van der Waals surface area contributed by atoms with E-state index in [0.29, 0.717) is 5.69 Å². The van der Waals surface area contributed by atoms with Crippen molar-refractivity contribution in [2.24, 2.45) is 5.14 Å². The minimum atomic E-state index is -4.02. The zero-order chi connectivity index (χ0) is 13.3. The van der Waals surface area contributed by atoms with E-state index in [-0.39, 0.29) is 10.6 Å². The van der Waals surface area contributed by atoms with Crippen molar-refractivity contribution in [2.45, 2.75) is 5.03 Å². The van der Waals surface area contributed by atoms with Crippen LogP contribution in [0.4, 0.5) is 0 Å². The molecular formula is C10H7BrN4O2S. The third-order valence-electron chi connectivity index (χ3n) is 2.19. The lowest BCUT2D eigenvalue weighted by Gasteiger charge is -2.05. The first-order valence-corrected chi connectivity index (χ1v) is 7.04. The molecule has 2 rings (SSSR count). The monoisotopic (exact) mass is 326 g/mol. The Morgan fingerprint density at radius 2 is 1.94 bits per heavy atom. The van der Waals surface area contributed by atoms with Gasteiger partial charge in [0.1, 0.15) is 11.6 Å². The Hall–Kier alpha value is -1.69. The minimum absolute atomic E-state index is 0.0829. The second-order valence-corrected chi connectivity index (χ2v) is 5.80. The molecule has 1 heterocycles. The molecule has 0 saturated carbocycles. The summed E-state index contributed by atoms with van der Waals surface area (Å²) in [5.74, 6) is 0. The average Bonchev–Trinajstić information content (AvgIpc) is 2.73. The van der Waals surface area contributed by atoms with Crippen molar-refractivity contribution >= 4 is 26.0 Å². The Morgan fingerprint density at radius 1 is 1.33 bits per heavy atom. The molecule has 0 aliphatic carbocycles. The van der Waals surface area contributed by atoms with E-state index in [1.165, 1.54) is 6.20 Å². The summed E-state index contributed by atoms with van der Waals surface area (Å²) in [4.78, 5) is 0. The van der Waals surface area contributed by atoms with E-state index >= 15 is 0 Å². The van der Waals surface area contributed by atoms with Crippen molar-refractivity contribution in [1.82, 2.24) is 9.78 Å². The van der Waals surface area contributed by atoms with Gasteiger partial charge in [0.25, 0.3) is 10.0 Å². The number of hydrogen-bond donors (Lipinski definition) is 1. The van der Waals surface area contributed by atoms with Crippen LogP contribution in [0.3, 0.4) is 0 Å². The van der Waals surface area contributed by atoms with Gasteiger partial charge in [0.15, 0.2) is 5.03 Å². The highest BCUT2D eigenvalue weighted by molar-refractivity contribution is 9.10. The van der Waals surface area contributed by atoms with E-state index < -0.39 is 10.0 Å². The molecule has 1 aromatic carbocycles. The van der Waals surface area contributed by atoms with Crippen LogP contribution in [0.1, 0.15) is 5.56 Å². The fourth-order valence-corrected chi connectivity index (χ4v) is 2.52. The fourth-order valence-electron chi connectivity index (χ4n) is 1.45. The third kappa shape index (κ3) is 2.28. The molecule has 1 aromatic heterocycles. The molecule has 0 bridgehead atoms. The zero-order valence-corrected chi connectivity index (χ0v) is 11.3. The SMILES string of the molecule is N#Cc1cnn(-c2ccc(Br)cc2)c1S(N)(=O)=O. The molecular weight excluding hydrogens is 320 g/mol. The van der Waals surface area contributed by atoms with Gasteiger partial charge in [-0.05, 0) is 24.3 Å². The third-order valence-corrected chi connectivity index (χ3v) is 3.65. The molecule has 6 nitrogen and oxygen atoms in total. The Kier molecular flexibility index (Phi) is 3.21. The second-order valence-electron chi connectivity index (χ2n) is 3.41. The van der Waals surface area contributed by atoms with E-state index in [1.54, 1.807) is 30.3 Å². The van der Waals surface area contributed by atoms with Crippen molar-refractivity contribution < 1.29 is 8.42 Å². The summed E-state index contributed by atoms with van der Waals surface area (Å²) in [6, 6.07) is 8.54. The van der Waals surface area contributed by atoms with E-state index in [1.807, 2.05) is 0 Å². The van der Waals surface area contributed by atoms with Crippen LogP contribution in [0.2, 0.25) is 0 Å². The number of benzene rings is 1. The normalized spacial score (nSPS) is 11.2. The summed E-state index contributed by atoms with van der Waals surface area (Å²) in [6.45, 7) is 0. The van der Waals surface area contributed by atoms with Gasteiger partial charge in [0.2, 0.25) is 0 Å². The Bertz CT molecular complexity index is 728. The number of nitrogens with two attached hydrogens (primary N) is 1. The van der Waals surface area contributed by atoms with Crippen molar-refractivity contribution in [2.75, 3.05) is 0 Å². The number of primary sulfonamides is 1. The standard InChI is InChI=1S/C10H7BrN4O2S/c11-8-1-3-9(4-2-8)15-10(18(13,16)17)7(5-12)6-14-15/h1-4,6H,(H2,13,16,17). The van der Waals surface area contributed by atoms with Crippen LogP contribution in [-0.4, -0.2) is 18.2 Å². The molecule has 0 fully saturated rings. The van der Waals surface area contributed by atoms with Crippen molar-refractivity contribution in [1.29, 1.82) is 5.26 Å². The van der Waals surface area contributed by atoms with Crippen molar-refractivity contribution in [3.63, 3.8) is 0 Å². The number of sulfonamides is 1. The molecule has 2 aromatic rings. The summed E-state index contributed by atoms with van der Waals surface area (Å²) in [6.07, 6.45) is 1.17. The Labute approximate surface area is 112 Å². The molecule has 0 spiro atoms. The largest absolute Gasteiger partial charge is 0.257 e. The second kappa shape index (κ2) is 4.53. The first kappa shape index (κ1) is 12.8. The lowest BCUT2D eigenvalue weighted by Crippen LogP contribution is -2.18. The topological polar surface area (TPSA) is 102 Å². The maximum absolute atomic E-state index is 11.5. The van der Waals surface area contributed by atoms with Gasteiger partial charge in [-0.3, -0.25) is 0 Å². The highest BCUT2D eigenvalue weighted by Gasteiger charge is 2.22. The van der Waals surface area contributed by atoms with Crippen LogP contribution in [0, 0.1) is 11.3 Å². The van der Waals surface area contributed by atoms with Crippen LogP contribution in [0.25, 0.3) is 5.69 Å². The quantitative estimate of drug-likeness (QED) is 0.894. The summed E-state index contributed by atoms with van der Waals surface area (Å²) in [5.41, 5.74) is 0.421. The predicted octanol–water partition coefficient (Wildman–Crippen LogP) is 1.15. The van der Waals surface area contributed by atoms with Crippen molar-refractivity contribution in [3.05, 3.63) is 40.5 Å². The van der Waals surface area contributed by atoms with Gasteiger partial charge in [-0.1, -0.05) is 15.9 Å². The molecule has 92 valence electrons. The fraction of sp³-hybridized carbons (Fsp3) is 0. The van der Waals surface area contributed by atoms with Crippen molar-refractivity contribution in [3.8, 4) is 11.8 Å². The van der Waals surface area contributed by atoms with E-state index in [4.69, 9.17) is 10.4 Å². The molecule has 0 aliphatic rings. The summed E-state index contributed by atoms with van der Waals surface area (Å²) >= 11 is 3.27. The molecule has 0 atom stereocenters. The first-order chi connectivity index (χ1) is 8.43. The average molecular weight is 327 g/mol. The lowest BCUT2D eigenvalue weighted by atomic mass is 10.3. The summed E-state index contributed by atoms with van der Waals surface area (Å²) in [7, 11) is -4.02. The maximum Gasteiger partial charge on any atom is 0.257 e. The van der Waals surface area contributed by atoms with Crippen LogP contribution in [0.5, 0.6) is 0 Å². The number of hydrogen-bond acceptors (Lipinski definition) is 4. The number of halogens is 1. The molecule has 8 heteroatoms. The number of aromatic nitrogens is 2. The van der Waals surface area contributed by atoms with Gasteiger partial charge in [-0.2, -0.15) is 10.4 Å². The molecule has 18 heavy (non-hydrogen) atoms. The van der Waals surface area contributed by atoms with Gasteiger partial charge in [0, 0.05) is 4.47 Å². The van der Waals surface area contributed by atoms with Crippen LogP contribution in [-0.2, 0) is 10.0 Å². The Morgan fingerprint density at radius 3 is 2.44 bits per heavy atom. The first-order valence-electron chi connectivity index (χ1n) is 4.70. The minimum Gasteiger partial charge on any atom is -0.223 e. The van der Waals surface area contributed by atoms with Gasteiger partial charge in [-0.25, -0.2) is 18.2 Å². The van der Waals surface area contributed by atoms with Gasteiger partial charge < -0.3 is 0 Å². The number of nitriles is 1. The van der Waals surface area contributed by atoms with Crippen LogP contribution >= 0.6 is 15.9 Å². The summed E-state index contributed by atoms with van der Waals surface area (Å²) < 4.78 is 25.0. The highest BCUT2D eigenvalue weighted by atomic mass is 79.9. The molecule has 0 unspecified atom stereocenters. The van der Waals surface area contributed by atoms with E-state index in [0.717, 1.165) is 9.15 Å². The van der Waals surface area contributed by atoms with Crippen LogP contribution < -0.4 is 5.14 Å². The molecule has 0 saturated heterocycles. The smallest absolute Gasteiger partial charge is 0.223 e. The molecule has 0 amide bonds. The molecule has 0 radical (unpaired) electrons. The highest BCUT2D eigenvalue weighted by Crippen LogP contribution is 2.20. The predicted molar refractivity (Wildman–Crippen MR) is 67.4 cm³/mol. The van der Waals surface area contributed by atoms with Gasteiger partial charge in [-0.15, -0.1) is 0 Å². The van der Waals surface area contributed by atoms with Gasteiger partial charge in [0.05, 0.1) is 11.9 Å². The Balaban J connectivity index is 2.70. The maximum atomic E-state index is 11.5. The number of nitrogens with zero attached hydrogens (tertiary/aromatic N) is 3. The molecule has 2 N–H and O–H groups in total. The molecule has 0 aliphatic heterocycles. The van der Waals surface area contributed by atoms with E-state index in [2.05, 4.69) is 21.0 Å². The van der Waals surface area contributed by atoms with Crippen LogP contribution in [0.15, 0.2) is 40.0 Å². The number of rotatable bonds is 2. The summed E-state index contributed by atoms with van der Waals surface area (Å²) in [5, 5.41) is 17.5.